The highest BCUT2D eigenvalue weighted by molar-refractivity contribution is 7.87. The first-order valence-corrected chi connectivity index (χ1v) is 8.83. The molecule has 0 amide bonds. The van der Waals surface area contributed by atoms with Gasteiger partial charge in [0.25, 0.3) is 10.2 Å². The lowest BCUT2D eigenvalue weighted by Gasteiger charge is -2.30. The van der Waals surface area contributed by atoms with E-state index in [-0.39, 0.29) is 0 Å². The molecule has 0 radical (unpaired) electrons. The van der Waals surface area contributed by atoms with E-state index in [1.807, 2.05) is 18.2 Å². The van der Waals surface area contributed by atoms with Gasteiger partial charge in [-0.05, 0) is 42.9 Å². The fraction of sp³-hybridized carbons (Fsp3) is 0.600. The predicted octanol–water partition coefficient (Wildman–Crippen LogP) is 1.42. The van der Waals surface area contributed by atoms with Crippen molar-refractivity contribution >= 4 is 10.2 Å². The highest BCUT2D eigenvalue weighted by Gasteiger charge is 2.26. The number of methoxy groups -OCH3 is 2. The summed E-state index contributed by atoms with van der Waals surface area (Å²) in [5.74, 6) is 1.94. The SMILES string of the molecule is CNS(=O)(=O)N1CCC(Cc2ccc(OC)c(OC)c2)CC1. The Morgan fingerprint density at radius 2 is 1.82 bits per heavy atom. The van der Waals surface area contributed by atoms with E-state index in [0.29, 0.717) is 19.0 Å². The molecule has 1 N–H and O–H groups in total. The largest absolute Gasteiger partial charge is 0.493 e. The van der Waals surface area contributed by atoms with Crippen molar-refractivity contribution in [1.82, 2.24) is 9.03 Å². The van der Waals surface area contributed by atoms with E-state index in [9.17, 15) is 8.42 Å². The van der Waals surface area contributed by atoms with Gasteiger partial charge >= 0.3 is 0 Å². The van der Waals surface area contributed by atoms with Crippen LogP contribution in [0, 0.1) is 5.92 Å². The third kappa shape index (κ3) is 3.91. The number of rotatable bonds is 6. The van der Waals surface area contributed by atoms with E-state index >= 15 is 0 Å². The van der Waals surface area contributed by atoms with Crippen molar-refractivity contribution in [3.8, 4) is 11.5 Å². The van der Waals surface area contributed by atoms with Crippen molar-refractivity contribution in [2.75, 3.05) is 34.4 Å². The first kappa shape index (κ1) is 17.1. The molecule has 1 aliphatic rings. The molecule has 1 saturated heterocycles. The highest BCUT2D eigenvalue weighted by atomic mass is 32.2. The third-order valence-corrected chi connectivity index (χ3v) is 5.70. The maximum Gasteiger partial charge on any atom is 0.279 e. The van der Waals surface area contributed by atoms with Crippen molar-refractivity contribution in [3.05, 3.63) is 23.8 Å². The summed E-state index contributed by atoms with van der Waals surface area (Å²) in [4.78, 5) is 0. The molecular weight excluding hydrogens is 304 g/mol. The molecule has 0 atom stereocenters. The molecule has 22 heavy (non-hydrogen) atoms. The van der Waals surface area contributed by atoms with Gasteiger partial charge < -0.3 is 9.47 Å². The highest BCUT2D eigenvalue weighted by Crippen LogP contribution is 2.30. The van der Waals surface area contributed by atoms with Gasteiger partial charge in [-0.2, -0.15) is 12.7 Å². The molecule has 1 aromatic carbocycles. The molecule has 0 aromatic heterocycles. The zero-order chi connectivity index (χ0) is 16.2. The average molecular weight is 328 g/mol. The molecule has 0 unspecified atom stereocenters. The van der Waals surface area contributed by atoms with E-state index in [1.54, 1.807) is 14.2 Å². The molecule has 0 saturated carbocycles. The second-order valence-corrected chi connectivity index (χ2v) is 7.32. The zero-order valence-electron chi connectivity index (χ0n) is 13.3. The Hall–Kier alpha value is -1.31. The lowest BCUT2D eigenvalue weighted by Crippen LogP contribution is -2.43. The van der Waals surface area contributed by atoms with Crippen LogP contribution in [0.1, 0.15) is 18.4 Å². The molecule has 7 heteroatoms. The molecule has 1 aromatic rings. The minimum Gasteiger partial charge on any atom is -0.493 e. The second-order valence-electron chi connectivity index (χ2n) is 5.45. The average Bonchev–Trinajstić information content (AvgIpc) is 2.55. The fourth-order valence-corrected chi connectivity index (χ4v) is 3.77. The first-order valence-electron chi connectivity index (χ1n) is 7.39. The summed E-state index contributed by atoms with van der Waals surface area (Å²) in [6.45, 7) is 1.14. The maximum absolute atomic E-state index is 11.8. The number of nitrogens with one attached hydrogen (secondary N) is 1. The van der Waals surface area contributed by atoms with Crippen LogP contribution < -0.4 is 14.2 Å². The van der Waals surface area contributed by atoms with Gasteiger partial charge in [0, 0.05) is 20.1 Å². The summed E-state index contributed by atoms with van der Waals surface area (Å²) in [5, 5.41) is 0. The number of nitrogens with zero attached hydrogens (tertiary/aromatic N) is 1. The van der Waals surface area contributed by atoms with Crippen LogP contribution in [0.2, 0.25) is 0 Å². The summed E-state index contributed by atoms with van der Waals surface area (Å²) >= 11 is 0. The van der Waals surface area contributed by atoms with E-state index in [0.717, 1.165) is 30.8 Å². The number of ether oxygens (including phenoxy) is 2. The number of hydrogen-bond acceptors (Lipinski definition) is 4. The van der Waals surface area contributed by atoms with Crippen LogP contribution >= 0.6 is 0 Å². The van der Waals surface area contributed by atoms with Crippen molar-refractivity contribution in [2.45, 2.75) is 19.3 Å². The Balaban J connectivity index is 1.96. The summed E-state index contributed by atoms with van der Waals surface area (Å²) < 4.78 is 38.0. The molecule has 0 bridgehead atoms. The van der Waals surface area contributed by atoms with Gasteiger partial charge in [0.1, 0.15) is 0 Å². The van der Waals surface area contributed by atoms with E-state index < -0.39 is 10.2 Å². The normalized spacial score (nSPS) is 17.4. The van der Waals surface area contributed by atoms with Crippen LogP contribution in [-0.4, -0.2) is 47.1 Å². The first-order chi connectivity index (χ1) is 10.5. The van der Waals surface area contributed by atoms with Crippen molar-refractivity contribution in [1.29, 1.82) is 0 Å². The van der Waals surface area contributed by atoms with Crippen LogP contribution in [0.3, 0.4) is 0 Å². The topological polar surface area (TPSA) is 67.9 Å². The molecule has 124 valence electrons. The fourth-order valence-electron chi connectivity index (χ4n) is 2.82. The Morgan fingerprint density at radius 1 is 1.18 bits per heavy atom. The Morgan fingerprint density at radius 3 is 2.36 bits per heavy atom. The van der Waals surface area contributed by atoms with Crippen LogP contribution in [0.4, 0.5) is 0 Å². The van der Waals surface area contributed by atoms with Gasteiger partial charge in [-0.1, -0.05) is 6.07 Å². The summed E-state index contributed by atoms with van der Waals surface area (Å²) in [5.41, 5.74) is 1.19. The summed E-state index contributed by atoms with van der Waals surface area (Å²) in [7, 11) is 1.41. The number of benzene rings is 1. The van der Waals surface area contributed by atoms with Gasteiger partial charge in [-0.3, -0.25) is 0 Å². The molecule has 0 spiro atoms. The van der Waals surface area contributed by atoms with Gasteiger partial charge in [-0.15, -0.1) is 0 Å². The second kappa shape index (κ2) is 7.30. The Bertz CT molecular complexity index is 596. The molecule has 2 rings (SSSR count). The Kier molecular flexibility index (Phi) is 5.66. The van der Waals surface area contributed by atoms with E-state index in [1.165, 1.54) is 16.9 Å². The summed E-state index contributed by atoms with van der Waals surface area (Å²) in [6.07, 6.45) is 2.66. The molecular formula is C15H24N2O4S. The van der Waals surface area contributed by atoms with Crippen LogP contribution in [0.15, 0.2) is 18.2 Å². The monoisotopic (exact) mass is 328 g/mol. The van der Waals surface area contributed by atoms with Gasteiger partial charge in [0.2, 0.25) is 0 Å². The molecule has 1 fully saturated rings. The minimum absolute atomic E-state index is 0.487. The van der Waals surface area contributed by atoms with Gasteiger partial charge in [-0.25, -0.2) is 4.72 Å². The standard InChI is InChI=1S/C15H24N2O4S/c1-16-22(18,19)17-8-6-12(7-9-17)10-13-4-5-14(20-2)15(11-13)21-3/h4-5,11-12,16H,6-10H2,1-3H3. The molecule has 0 aliphatic carbocycles. The predicted molar refractivity (Wildman–Crippen MR) is 85.5 cm³/mol. The molecule has 1 heterocycles. The van der Waals surface area contributed by atoms with Crippen LogP contribution in [-0.2, 0) is 16.6 Å². The van der Waals surface area contributed by atoms with E-state index in [4.69, 9.17) is 9.47 Å². The van der Waals surface area contributed by atoms with Crippen molar-refractivity contribution in [3.63, 3.8) is 0 Å². The maximum atomic E-state index is 11.8. The van der Waals surface area contributed by atoms with Crippen LogP contribution in [0.25, 0.3) is 0 Å². The minimum atomic E-state index is -3.29. The zero-order valence-corrected chi connectivity index (χ0v) is 14.1. The number of piperidine rings is 1. The molecule has 6 nitrogen and oxygen atoms in total. The van der Waals surface area contributed by atoms with Crippen molar-refractivity contribution in [2.24, 2.45) is 5.92 Å². The Labute approximate surface area is 132 Å². The number of hydrogen-bond donors (Lipinski definition) is 1. The van der Waals surface area contributed by atoms with Gasteiger partial charge in [0.05, 0.1) is 14.2 Å². The summed E-state index contributed by atoms with van der Waals surface area (Å²) in [6, 6.07) is 5.95. The lowest BCUT2D eigenvalue weighted by atomic mass is 9.91. The van der Waals surface area contributed by atoms with Gasteiger partial charge in [0.15, 0.2) is 11.5 Å². The third-order valence-electron chi connectivity index (χ3n) is 4.14. The van der Waals surface area contributed by atoms with E-state index in [2.05, 4.69) is 4.72 Å². The quantitative estimate of drug-likeness (QED) is 0.858. The van der Waals surface area contributed by atoms with Crippen molar-refractivity contribution < 1.29 is 17.9 Å². The molecule has 1 aliphatic heterocycles. The van der Waals surface area contributed by atoms with Crippen LogP contribution in [0.5, 0.6) is 11.5 Å². The lowest BCUT2D eigenvalue weighted by molar-refractivity contribution is 0.270. The smallest absolute Gasteiger partial charge is 0.279 e.